The molecule has 0 amide bonds. The van der Waals surface area contributed by atoms with Crippen LogP contribution in [0.1, 0.15) is 30.4 Å². The molecule has 0 aliphatic heterocycles. The summed E-state index contributed by atoms with van der Waals surface area (Å²) in [4.78, 5) is 0. The average Bonchev–Trinajstić information content (AvgIpc) is 3.11. The van der Waals surface area contributed by atoms with Crippen molar-refractivity contribution in [3.05, 3.63) is 33.9 Å². The van der Waals surface area contributed by atoms with Gasteiger partial charge in [-0.1, -0.05) is 22.0 Å². The third-order valence-corrected chi connectivity index (χ3v) is 6.51. The fourth-order valence-electron chi connectivity index (χ4n) is 4.77. The van der Waals surface area contributed by atoms with Crippen LogP contribution in [0.2, 0.25) is 0 Å². The number of hydrogen-bond acceptors (Lipinski definition) is 2. The van der Waals surface area contributed by atoms with Crippen molar-refractivity contribution in [3.63, 3.8) is 0 Å². The topological polar surface area (TPSA) is 48.9 Å². The Balaban J connectivity index is 1.86. The maximum absolute atomic E-state index is 10.5. The van der Waals surface area contributed by atoms with Crippen LogP contribution in [0.15, 0.2) is 22.8 Å². The van der Waals surface area contributed by atoms with E-state index in [1.165, 1.54) is 28.5 Å². The summed E-state index contributed by atoms with van der Waals surface area (Å²) >= 11 is 3.71. The van der Waals surface area contributed by atoms with Gasteiger partial charge in [0.15, 0.2) is 0 Å². The molecule has 0 unspecified atom stereocenters. The molecule has 3 atom stereocenters. The van der Waals surface area contributed by atoms with E-state index in [-0.39, 0.29) is 11.5 Å². The molecular weight excluding hydrogens is 316 g/mol. The Kier molecular flexibility index (Phi) is 2.04. The standard InChI is InChI=1S/C16H15BrN2O/c17-14-13-9-1-2-12-11(7-18-19-12)10(9)6-16(13)4-3-8(5-16)15(14)20/h1-2,7-8,15,20H,3-6H2,(H,18,19)/t8-,15-,16+/m1/s1. The van der Waals surface area contributed by atoms with Gasteiger partial charge >= 0.3 is 0 Å². The van der Waals surface area contributed by atoms with Gasteiger partial charge in [-0.05, 0) is 54.4 Å². The van der Waals surface area contributed by atoms with Crippen LogP contribution in [-0.4, -0.2) is 21.4 Å². The molecule has 3 aliphatic carbocycles. The van der Waals surface area contributed by atoms with Gasteiger partial charge in [0.25, 0.3) is 0 Å². The minimum absolute atomic E-state index is 0.261. The van der Waals surface area contributed by atoms with Crippen LogP contribution in [0.4, 0.5) is 0 Å². The van der Waals surface area contributed by atoms with E-state index in [4.69, 9.17) is 0 Å². The zero-order valence-electron chi connectivity index (χ0n) is 11.0. The number of hydrogen-bond donors (Lipinski definition) is 2. The van der Waals surface area contributed by atoms with Crippen molar-refractivity contribution in [2.75, 3.05) is 0 Å². The minimum atomic E-state index is -0.313. The molecule has 4 heteroatoms. The van der Waals surface area contributed by atoms with Gasteiger partial charge in [-0.3, -0.25) is 5.10 Å². The molecule has 2 bridgehead atoms. The van der Waals surface area contributed by atoms with Crippen molar-refractivity contribution in [3.8, 4) is 0 Å². The Morgan fingerprint density at radius 2 is 2.30 bits per heavy atom. The molecule has 20 heavy (non-hydrogen) atoms. The first-order valence-corrected chi connectivity index (χ1v) is 8.02. The summed E-state index contributed by atoms with van der Waals surface area (Å²) in [5, 5.41) is 19.0. The molecule has 0 saturated heterocycles. The van der Waals surface area contributed by atoms with Gasteiger partial charge < -0.3 is 5.11 Å². The van der Waals surface area contributed by atoms with E-state index in [1.807, 2.05) is 6.20 Å². The lowest BCUT2D eigenvalue weighted by Gasteiger charge is -2.34. The number of aromatic amines is 1. The molecule has 1 aromatic carbocycles. The Morgan fingerprint density at radius 1 is 1.40 bits per heavy atom. The molecule has 5 rings (SSSR count). The van der Waals surface area contributed by atoms with Crippen LogP contribution in [0.25, 0.3) is 16.5 Å². The van der Waals surface area contributed by atoms with Crippen LogP contribution in [0, 0.1) is 11.3 Å². The second-order valence-electron chi connectivity index (χ2n) is 6.55. The second-order valence-corrected chi connectivity index (χ2v) is 7.41. The van der Waals surface area contributed by atoms with E-state index in [9.17, 15) is 5.11 Å². The van der Waals surface area contributed by atoms with Gasteiger partial charge in [-0.25, -0.2) is 0 Å². The molecule has 1 fully saturated rings. The molecular formula is C16H15BrN2O. The normalized spacial score (nSPS) is 34.7. The summed E-state index contributed by atoms with van der Waals surface area (Å²) in [7, 11) is 0. The largest absolute Gasteiger partial charge is 0.388 e. The first-order valence-electron chi connectivity index (χ1n) is 7.23. The number of aliphatic hydroxyl groups excluding tert-OH is 1. The molecule has 3 nitrogen and oxygen atoms in total. The van der Waals surface area contributed by atoms with Gasteiger partial charge in [-0.2, -0.15) is 5.10 Å². The molecule has 1 spiro atoms. The summed E-state index contributed by atoms with van der Waals surface area (Å²) in [5.74, 6) is 0.433. The molecule has 2 aromatic rings. The van der Waals surface area contributed by atoms with Crippen molar-refractivity contribution in [1.29, 1.82) is 0 Å². The first-order chi connectivity index (χ1) is 9.70. The lowest BCUT2D eigenvalue weighted by atomic mass is 9.74. The quantitative estimate of drug-likeness (QED) is 0.777. The average molecular weight is 331 g/mol. The number of benzene rings is 1. The number of fused-ring (bicyclic) bond motifs is 5. The number of aliphatic hydroxyl groups is 1. The van der Waals surface area contributed by atoms with Crippen LogP contribution in [0.3, 0.4) is 0 Å². The van der Waals surface area contributed by atoms with E-state index in [1.54, 1.807) is 0 Å². The highest BCUT2D eigenvalue weighted by atomic mass is 79.9. The molecule has 1 saturated carbocycles. The molecule has 102 valence electrons. The number of H-pyrrole nitrogens is 1. The van der Waals surface area contributed by atoms with Gasteiger partial charge in [0.05, 0.1) is 17.8 Å². The second kappa shape index (κ2) is 3.55. The predicted molar refractivity (Wildman–Crippen MR) is 81.4 cm³/mol. The fourth-order valence-corrected chi connectivity index (χ4v) is 5.78. The summed E-state index contributed by atoms with van der Waals surface area (Å²) in [5.41, 5.74) is 5.49. The SMILES string of the molecule is O[C@H]1C(Br)=C2c3ccc4[nH]ncc4c3C[C@@]23CC[C@@H]1C3. The molecule has 2 N–H and O–H groups in total. The Morgan fingerprint density at radius 3 is 3.20 bits per heavy atom. The van der Waals surface area contributed by atoms with Crippen molar-refractivity contribution in [2.45, 2.75) is 31.8 Å². The smallest absolute Gasteiger partial charge is 0.0886 e. The number of rotatable bonds is 0. The number of allylic oxidation sites excluding steroid dienone is 1. The summed E-state index contributed by atoms with van der Waals surface area (Å²) in [6, 6.07) is 4.31. The lowest BCUT2D eigenvalue weighted by molar-refractivity contribution is 0.140. The zero-order chi connectivity index (χ0) is 13.5. The Bertz CT molecular complexity index is 778. The molecule has 1 heterocycles. The van der Waals surface area contributed by atoms with E-state index in [2.05, 4.69) is 38.3 Å². The van der Waals surface area contributed by atoms with E-state index in [0.29, 0.717) is 5.92 Å². The van der Waals surface area contributed by atoms with Crippen molar-refractivity contribution in [2.24, 2.45) is 11.3 Å². The van der Waals surface area contributed by atoms with E-state index < -0.39 is 0 Å². The van der Waals surface area contributed by atoms with Gasteiger partial charge in [0.2, 0.25) is 0 Å². The minimum Gasteiger partial charge on any atom is -0.388 e. The highest BCUT2D eigenvalue weighted by Gasteiger charge is 2.54. The summed E-state index contributed by atoms with van der Waals surface area (Å²) in [6.45, 7) is 0. The van der Waals surface area contributed by atoms with E-state index >= 15 is 0 Å². The number of halogens is 1. The van der Waals surface area contributed by atoms with Crippen molar-refractivity contribution in [1.82, 2.24) is 10.2 Å². The van der Waals surface area contributed by atoms with Crippen LogP contribution < -0.4 is 0 Å². The zero-order valence-corrected chi connectivity index (χ0v) is 12.6. The predicted octanol–water partition coefficient (Wildman–Crippen LogP) is 3.39. The highest BCUT2D eigenvalue weighted by Crippen LogP contribution is 2.64. The maximum Gasteiger partial charge on any atom is 0.0886 e. The molecule has 3 aliphatic rings. The molecule has 0 radical (unpaired) electrons. The van der Waals surface area contributed by atoms with Gasteiger partial charge in [0.1, 0.15) is 0 Å². The number of aromatic nitrogens is 2. The number of nitrogens with one attached hydrogen (secondary N) is 1. The fraction of sp³-hybridized carbons (Fsp3) is 0.438. The first kappa shape index (κ1) is 11.5. The van der Waals surface area contributed by atoms with Crippen LogP contribution in [-0.2, 0) is 6.42 Å². The van der Waals surface area contributed by atoms with E-state index in [0.717, 1.165) is 29.3 Å². The molecule has 1 aromatic heterocycles. The van der Waals surface area contributed by atoms with Gasteiger partial charge in [-0.15, -0.1) is 0 Å². The summed E-state index contributed by atoms with van der Waals surface area (Å²) < 4.78 is 1.04. The third kappa shape index (κ3) is 1.19. The Hall–Kier alpha value is -1.13. The third-order valence-electron chi connectivity index (χ3n) is 5.64. The van der Waals surface area contributed by atoms with Crippen molar-refractivity contribution >= 4 is 32.4 Å². The maximum atomic E-state index is 10.5. The van der Waals surface area contributed by atoms with Crippen LogP contribution >= 0.6 is 15.9 Å². The lowest BCUT2D eigenvalue weighted by Crippen LogP contribution is -2.29. The number of nitrogens with zero attached hydrogens (tertiary/aromatic N) is 1. The Labute approximate surface area is 125 Å². The van der Waals surface area contributed by atoms with Crippen molar-refractivity contribution < 1.29 is 5.11 Å². The highest BCUT2D eigenvalue weighted by molar-refractivity contribution is 9.11. The summed E-state index contributed by atoms with van der Waals surface area (Å²) in [6.07, 6.45) is 6.21. The van der Waals surface area contributed by atoms with Crippen LogP contribution in [0.5, 0.6) is 0 Å². The van der Waals surface area contributed by atoms with Gasteiger partial charge in [0, 0.05) is 15.3 Å². The monoisotopic (exact) mass is 330 g/mol.